The predicted octanol–water partition coefficient (Wildman–Crippen LogP) is 1.52. The molecule has 2 rings (SSSR count). The highest BCUT2D eigenvalue weighted by Crippen LogP contribution is 2.27. The third-order valence-corrected chi connectivity index (χ3v) is 3.67. The van der Waals surface area contributed by atoms with E-state index in [0.29, 0.717) is 31.0 Å². The Hall–Kier alpha value is -2.17. The van der Waals surface area contributed by atoms with Gasteiger partial charge < -0.3 is 10.2 Å². The fourth-order valence-electron chi connectivity index (χ4n) is 2.22. The maximum atomic E-state index is 12.3. The number of ketones is 1. The number of carbonyl (C=O) groups excluding carboxylic acids is 3. The van der Waals surface area contributed by atoms with Crippen molar-refractivity contribution in [3.63, 3.8) is 0 Å². The summed E-state index contributed by atoms with van der Waals surface area (Å²) in [6.07, 6.45) is 3.21. The zero-order valence-electron chi connectivity index (χ0n) is 12.1. The van der Waals surface area contributed by atoms with Crippen molar-refractivity contribution in [2.24, 2.45) is 5.92 Å². The van der Waals surface area contributed by atoms with E-state index in [4.69, 9.17) is 0 Å². The zero-order chi connectivity index (χ0) is 15.2. The van der Waals surface area contributed by atoms with Crippen LogP contribution in [-0.4, -0.2) is 30.7 Å². The lowest BCUT2D eigenvalue weighted by Crippen LogP contribution is -2.47. The van der Waals surface area contributed by atoms with Gasteiger partial charge in [-0.15, -0.1) is 0 Å². The molecule has 1 N–H and O–H groups in total. The molecule has 5 nitrogen and oxygen atoms in total. The number of anilines is 1. The lowest BCUT2D eigenvalue weighted by Gasteiger charge is -2.25. The van der Waals surface area contributed by atoms with Gasteiger partial charge in [-0.2, -0.15) is 0 Å². The van der Waals surface area contributed by atoms with Gasteiger partial charge in [0.25, 0.3) is 5.91 Å². The molecule has 1 aromatic carbocycles. The van der Waals surface area contributed by atoms with Crippen LogP contribution in [0.2, 0.25) is 0 Å². The molecule has 0 bridgehead atoms. The maximum absolute atomic E-state index is 12.3. The van der Waals surface area contributed by atoms with Crippen LogP contribution in [0.3, 0.4) is 0 Å². The number of rotatable bonds is 8. The van der Waals surface area contributed by atoms with Crippen LogP contribution in [0.25, 0.3) is 0 Å². The van der Waals surface area contributed by atoms with E-state index in [2.05, 4.69) is 5.32 Å². The van der Waals surface area contributed by atoms with E-state index in [1.165, 1.54) is 4.90 Å². The van der Waals surface area contributed by atoms with E-state index in [9.17, 15) is 14.4 Å². The molecule has 1 atom stereocenters. The number of nitrogens with one attached hydrogen (secondary N) is 1. The molecule has 0 aliphatic heterocycles. The first-order valence-corrected chi connectivity index (χ1v) is 7.28. The first kappa shape index (κ1) is 15.2. The van der Waals surface area contributed by atoms with E-state index >= 15 is 0 Å². The van der Waals surface area contributed by atoms with Gasteiger partial charge in [0.1, 0.15) is 6.04 Å². The smallest absolute Gasteiger partial charge is 0.289 e. The first-order valence-electron chi connectivity index (χ1n) is 7.28. The monoisotopic (exact) mass is 288 g/mol. The Morgan fingerprint density at radius 2 is 2.00 bits per heavy atom. The maximum Gasteiger partial charge on any atom is 0.289 e. The molecule has 1 unspecified atom stereocenters. The second-order valence-electron chi connectivity index (χ2n) is 5.29. The first-order chi connectivity index (χ1) is 10.2. The van der Waals surface area contributed by atoms with Crippen LogP contribution in [0.5, 0.6) is 0 Å². The average molecular weight is 288 g/mol. The molecule has 1 saturated carbocycles. The zero-order valence-corrected chi connectivity index (χ0v) is 12.1. The van der Waals surface area contributed by atoms with Crippen molar-refractivity contribution in [3.05, 3.63) is 30.3 Å². The van der Waals surface area contributed by atoms with Crippen LogP contribution in [0.4, 0.5) is 5.69 Å². The number of Topliss-reactive ketones (excluding diaryl/α,β-unsaturated/α-hetero) is 1. The predicted molar refractivity (Wildman–Crippen MR) is 79.8 cm³/mol. The van der Waals surface area contributed by atoms with Gasteiger partial charge in [-0.05, 0) is 37.3 Å². The minimum atomic E-state index is -0.760. The van der Waals surface area contributed by atoms with Gasteiger partial charge in [0.2, 0.25) is 12.2 Å². The van der Waals surface area contributed by atoms with Gasteiger partial charge in [-0.3, -0.25) is 14.4 Å². The molecule has 1 aromatic rings. The number of para-hydroxylation sites is 1. The van der Waals surface area contributed by atoms with Crippen molar-refractivity contribution < 1.29 is 14.4 Å². The highest BCUT2D eigenvalue weighted by atomic mass is 16.2. The Kier molecular flexibility index (Phi) is 5.09. The van der Waals surface area contributed by atoms with E-state index in [0.717, 1.165) is 12.8 Å². The topological polar surface area (TPSA) is 66.5 Å². The number of carbonyl (C=O) groups is 3. The summed E-state index contributed by atoms with van der Waals surface area (Å²) in [5.41, 5.74) is 0.614. The van der Waals surface area contributed by atoms with Gasteiger partial charge >= 0.3 is 0 Å². The van der Waals surface area contributed by atoms with Crippen molar-refractivity contribution in [1.82, 2.24) is 5.32 Å². The SMILES string of the molecule is CCC(C(=O)C(=O)NCC1CC1)N(C=O)c1ccccc1. The molecule has 21 heavy (non-hydrogen) atoms. The molecule has 0 radical (unpaired) electrons. The highest BCUT2D eigenvalue weighted by molar-refractivity contribution is 6.39. The summed E-state index contributed by atoms with van der Waals surface area (Å²) < 4.78 is 0. The Morgan fingerprint density at radius 1 is 1.33 bits per heavy atom. The Labute approximate surface area is 124 Å². The Bertz CT molecular complexity index is 512. The minimum Gasteiger partial charge on any atom is -0.349 e. The lowest BCUT2D eigenvalue weighted by molar-refractivity contribution is -0.139. The molecule has 0 heterocycles. The van der Waals surface area contributed by atoms with Gasteiger partial charge in [-0.1, -0.05) is 25.1 Å². The number of benzene rings is 1. The fourth-order valence-corrected chi connectivity index (χ4v) is 2.22. The molecule has 1 fully saturated rings. The normalized spacial score (nSPS) is 15.1. The second-order valence-corrected chi connectivity index (χ2v) is 5.29. The summed E-state index contributed by atoms with van der Waals surface area (Å²) >= 11 is 0. The molecule has 0 aromatic heterocycles. The summed E-state index contributed by atoms with van der Waals surface area (Å²) in [4.78, 5) is 36.9. The van der Waals surface area contributed by atoms with E-state index in [-0.39, 0.29) is 0 Å². The summed E-state index contributed by atoms with van der Waals surface area (Å²) in [5.74, 6) is -0.649. The molecule has 0 saturated heterocycles. The van der Waals surface area contributed by atoms with Crippen molar-refractivity contribution in [2.45, 2.75) is 32.2 Å². The van der Waals surface area contributed by atoms with Crippen molar-refractivity contribution in [3.8, 4) is 0 Å². The van der Waals surface area contributed by atoms with Gasteiger partial charge in [-0.25, -0.2) is 0 Å². The lowest BCUT2D eigenvalue weighted by atomic mass is 10.1. The third kappa shape index (κ3) is 3.90. The Morgan fingerprint density at radius 3 is 2.52 bits per heavy atom. The van der Waals surface area contributed by atoms with Crippen LogP contribution < -0.4 is 10.2 Å². The quantitative estimate of drug-likeness (QED) is 0.582. The van der Waals surface area contributed by atoms with Crippen molar-refractivity contribution in [2.75, 3.05) is 11.4 Å². The van der Waals surface area contributed by atoms with Gasteiger partial charge in [0.15, 0.2) is 0 Å². The van der Waals surface area contributed by atoms with Crippen molar-refractivity contribution in [1.29, 1.82) is 0 Å². The van der Waals surface area contributed by atoms with Crippen LogP contribution in [0.1, 0.15) is 26.2 Å². The van der Waals surface area contributed by atoms with Crippen molar-refractivity contribution >= 4 is 23.8 Å². The average Bonchev–Trinajstić information content (AvgIpc) is 3.34. The van der Waals surface area contributed by atoms with Crippen LogP contribution in [0, 0.1) is 5.92 Å². The molecule has 5 heteroatoms. The summed E-state index contributed by atoms with van der Waals surface area (Å²) in [6, 6.07) is 8.13. The highest BCUT2D eigenvalue weighted by Gasteiger charge is 2.30. The van der Waals surface area contributed by atoms with Crippen LogP contribution in [-0.2, 0) is 14.4 Å². The minimum absolute atomic E-state index is 0.392. The van der Waals surface area contributed by atoms with Crippen LogP contribution in [0.15, 0.2) is 30.3 Å². The molecule has 1 aliphatic carbocycles. The van der Waals surface area contributed by atoms with Gasteiger partial charge in [0, 0.05) is 12.2 Å². The summed E-state index contributed by atoms with van der Waals surface area (Å²) in [7, 11) is 0. The third-order valence-electron chi connectivity index (χ3n) is 3.67. The summed E-state index contributed by atoms with van der Waals surface area (Å²) in [5, 5.41) is 2.66. The van der Waals surface area contributed by atoms with Gasteiger partial charge in [0.05, 0.1) is 0 Å². The second kappa shape index (κ2) is 7.02. The molecular weight excluding hydrogens is 268 g/mol. The van der Waals surface area contributed by atoms with Crippen LogP contribution >= 0.6 is 0 Å². The Balaban J connectivity index is 2.06. The molecule has 1 aliphatic rings. The molecule has 0 spiro atoms. The largest absolute Gasteiger partial charge is 0.349 e. The molecular formula is C16H20N2O3. The number of hydrogen-bond donors (Lipinski definition) is 1. The fraction of sp³-hybridized carbons (Fsp3) is 0.438. The van der Waals surface area contributed by atoms with E-state index in [1.807, 2.05) is 6.07 Å². The number of hydrogen-bond acceptors (Lipinski definition) is 3. The van der Waals surface area contributed by atoms with E-state index in [1.54, 1.807) is 31.2 Å². The standard InChI is InChI=1S/C16H20N2O3/c1-2-14(15(20)16(21)17-10-12-8-9-12)18(11-19)13-6-4-3-5-7-13/h3-7,11-12,14H,2,8-10H2,1H3,(H,17,21). The summed E-state index contributed by atoms with van der Waals surface area (Å²) in [6.45, 7) is 2.34. The molecule has 2 amide bonds. The number of nitrogens with zero attached hydrogens (tertiary/aromatic N) is 1. The molecule has 112 valence electrons. The number of amides is 2. The van der Waals surface area contributed by atoms with E-state index < -0.39 is 17.7 Å².